The van der Waals surface area contributed by atoms with Crippen molar-refractivity contribution in [3.63, 3.8) is 0 Å². The van der Waals surface area contributed by atoms with E-state index in [9.17, 15) is 14.0 Å². The van der Waals surface area contributed by atoms with E-state index in [-0.39, 0.29) is 23.6 Å². The number of thioether (sulfide) groups is 1. The van der Waals surface area contributed by atoms with Crippen molar-refractivity contribution in [2.24, 2.45) is 5.10 Å². The molecule has 0 unspecified atom stereocenters. The molecule has 3 aliphatic heterocycles. The van der Waals surface area contributed by atoms with E-state index in [0.717, 1.165) is 11.5 Å². The van der Waals surface area contributed by atoms with E-state index in [1.165, 1.54) is 23.9 Å². The van der Waals surface area contributed by atoms with Gasteiger partial charge in [-0.3, -0.25) is 9.80 Å². The third-order valence-corrected chi connectivity index (χ3v) is 5.73. The third kappa shape index (κ3) is 3.08. The van der Waals surface area contributed by atoms with Crippen molar-refractivity contribution < 1.29 is 13.9 Å². The van der Waals surface area contributed by atoms with E-state index in [1.54, 1.807) is 24.1 Å². The lowest BCUT2D eigenvalue weighted by Crippen LogP contribution is -2.20. The first kappa shape index (κ1) is 18.6. The molecule has 7 nitrogen and oxygen atoms in total. The summed E-state index contributed by atoms with van der Waals surface area (Å²) < 4.78 is 23.2. The van der Waals surface area contributed by atoms with E-state index in [4.69, 9.17) is 4.74 Å². The first-order chi connectivity index (χ1) is 13.5. The van der Waals surface area contributed by atoms with Gasteiger partial charge in [0.15, 0.2) is 4.88 Å². The molecule has 0 saturated heterocycles. The number of rotatable bonds is 3. The number of ether oxygens (including phenoxy) is 1. The zero-order valence-electron chi connectivity index (χ0n) is 15.0. The van der Waals surface area contributed by atoms with Gasteiger partial charge in [0.25, 0.3) is 5.56 Å². The fourth-order valence-corrected chi connectivity index (χ4v) is 4.35. The van der Waals surface area contributed by atoms with Gasteiger partial charge in [-0.15, -0.1) is 11.8 Å². The Bertz CT molecular complexity index is 1120. The number of hydrogen-bond acceptors (Lipinski definition) is 8. The predicted octanol–water partition coefficient (Wildman–Crippen LogP) is 3.30. The number of nitrogens with zero attached hydrogens (tertiary/aromatic N) is 3. The second-order valence-corrected chi connectivity index (χ2v) is 7.48. The molecule has 0 saturated carbocycles. The average Bonchev–Trinajstić information content (AvgIpc) is 2.90. The summed E-state index contributed by atoms with van der Waals surface area (Å²) in [6.45, 7) is 2.06. The number of hydrogen-bond donors (Lipinski definition) is 1. The van der Waals surface area contributed by atoms with Gasteiger partial charge in [0.05, 0.1) is 30.1 Å². The van der Waals surface area contributed by atoms with Gasteiger partial charge in [0.2, 0.25) is 0 Å². The lowest BCUT2D eigenvalue weighted by atomic mass is 10.1. The summed E-state index contributed by atoms with van der Waals surface area (Å²) in [4.78, 5) is 28.0. The van der Waals surface area contributed by atoms with Crippen LogP contribution in [0.2, 0.25) is 0 Å². The number of aromatic amines is 1. The predicted molar refractivity (Wildman–Crippen MR) is 108 cm³/mol. The Labute approximate surface area is 167 Å². The molecule has 3 aliphatic rings. The maximum absolute atomic E-state index is 13.7. The second-order valence-electron chi connectivity index (χ2n) is 5.91. The van der Waals surface area contributed by atoms with Gasteiger partial charge in [-0.25, -0.2) is 9.18 Å². The molecule has 1 N–H and O–H groups in total. The lowest BCUT2D eigenvalue weighted by molar-refractivity contribution is 0.0532. The van der Waals surface area contributed by atoms with Crippen LogP contribution >= 0.6 is 23.3 Å². The molecule has 0 bridgehead atoms. The zero-order valence-corrected chi connectivity index (χ0v) is 16.6. The summed E-state index contributed by atoms with van der Waals surface area (Å²) in [6.07, 6.45) is 1.84. The van der Waals surface area contributed by atoms with Crippen molar-refractivity contribution in [2.45, 2.75) is 13.5 Å². The van der Waals surface area contributed by atoms with E-state index in [0.29, 0.717) is 33.2 Å². The fourth-order valence-electron chi connectivity index (χ4n) is 3.03. The summed E-state index contributed by atoms with van der Waals surface area (Å²) in [5.41, 5.74) is 2.08. The number of aromatic nitrogens is 2. The number of nitrogens with one attached hydrogen (secondary N) is 1. The minimum atomic E-state index is -0.534. The third-order valence-electron chi connectivity index (χ3n) is 4.24. The fraction of sp³-hybridized carbons (Fsp3) is 0.222. The van der Waals surface area contributed by atoms with Gasteiger partial charge in [0, 0.05) is 5.56 Å². The van der Waals surface area contributed by atoms with Crippen molar-refractivity contribution in [1.82, 2.24) is 9.36 Å². The molecule has 0 fully saturated rings. The quantitative estimate of drug-likeness (QED) is 0.657. The molecule has 0 aromatic heterocycles. The van der Waals surface area contributed by atoms with E-state index in [2.05, 4.69) is 14.5 Å². The first-order valence-electron chi connectivity index (χ1n) is 8.41. The zero-order chi connectivity index (χ0) is 19.8. The highest BCUT2D eigenvalue weighted by Crippen LogP contribution is 2.37. The Morgan fingerprint density at radius 3 is 3.00 bits per heavy atom. The summed E-state index contributed by atoms with van der Waals surface area (Å²) >= 11 is 2.32. The van der Waals surface area contributed by atoms with Crippen molar-refractivity contribution in [1.29, 1.82) is 0 Å². The van der Waals surface area contributed by atoms with Crippen LogP contribution in [-0.4, -0.2) is 33.2 Å². The number of benzene rings is 1. The minimum Gasteiger partial charge on any atom is -0.462 e. The number of halogens is 1. The summed E-state index contributed by atoms with van der Waals surface area (Å²) in [6, 6.07) is 6.00. The number of carbonyl (C=O) groups is 1. The first-order valence-corrected chi connectivity index (χ1v) is 10.4. The standard InChI is InChI=1S/C18H15FN4O3S2/c1-3-26-18(25)15-13-12-11(16(24)20-13)8-23(10-6-4-5-9(19)7-10)21-17(27-2)14(12)22-28-15/h4-7H,3,8H2,1-2H3,(H,20,24). The van der Waals surface area contributed by atoms with E-state index in [1.807, 2.05) is 6.26 Å². The van der Waals surface area contributed by atoms with Gasteiger partial charge in [-0.2, -0.15) is 9.47 Å². The number of anilines is 1. The largest absolute Gasteiger partial charge is 0.462 e. The minimum absolute atomic E-state index is 0.123. The van der Waals surface area contributed by atoms with Crippen molar-refractivity contribution >= 4 is 40.0 Å². The monoisotopic (exact) mass is 418 g/mol. The normalized spacial score (nSPS) is 13.4. The Morgan fingerprint density at radius 2 is 2.29 bits per heavy atom. The SMILES string of the molecule is CCOC(=O)c1snc2c3c(c(=O)[nH]c1-3)CN(c1cccc(F)c1)N=C2SC. The maximum atomic E-state index is 13.7. The topological polar surface area (TPSA) is 87.6 Å². The van der Waals surface area contributed by atoms with E-state index < -0.39 is 11.8 Å². The smallest absolute Gasteiger partial charge is 0.352 e. The Kier molecular flexibility index (Phi) is 4.90. The van der Waals surface area contributed by atoms with Crippen LogP contribution in [0.1, 0.15) is 27.9 Å². The van der Waals surface area contributed by atoms with Crippen molar-refractivity contribution in [3.8, 4) is 11.3 Å². The maximum Gasteiger partial charge on any atom is 0.352 e. The van der Waals surface area contributed by atoms with Crippen molar-refractivity contribution in [2.75, 3.05) is 17.9 Å². The van der Waals surface area contributed by atoms with Gasteiger partial charge in [-0.05, 0) is 42.9 Å². The van der Waals surface area contributed by atoms with Crippen LogP contribution in [0, 0.1) is 5.82 Å². The number of esters is 1. The molecular weight excluding hydrogens is 403 g/mol. The van der Waals surface area contributed by atoms with Crippen LogP contribution in [0.4, 0.5) is 10.1 Å². The molecule has 0 radical (unpaired) electrons. The van der Waals surface area contributed by atoms with Crippen LogP contribution in [0.3, 0.4) is 0 Å². The highest BCUT2D eigenvalue weighted by atomic mass is 32.2. The summed E-state index contributed by atoms with van der Waals surface area (Å²) in [7, 11) is 0. The molecule has 10 heteroatoms. The van der Waals surface area contributed by atoms with Gasteiger partial charge in [0.1, 0.15) is 16.6 Å². The van der Waals surface area contributed by atoms with Crippen LogP contribution in [-0.2, 0) is 11.3 Å². The van der Waals surface area contributed by atoms with Gasteiger partial charge in [-0.1, -0.05) is 6.07 Å². The second kappa shape index (κ2) is 7.36. The molecule has 0 spiro atoms. The highest BCUT2D eigenvalue weighted by molar-refractivity contribution is 8.13. The van der Waals surface area contributed by atoms with Gasteiger partial charge < -0.3 is 9.72 Å². The molecule has 0 amide bonds. The number of hydrazone groups is 1. The molecule has 28 heavy (non-hydrogen) atoms. The van der Waals surface area contributed by atoms with E-state index >= 15 is 0 Å². The average molecular weight is 418 g/mol. The molecule has 3 heterocycles. The lowest BCUT2D eigenvalue weighted by Gasteiger charge is -2.18. The van der Waals surface area contributed by atoms with Crippen LogP contribution in [0.25, 0.3) is 11.3 Å². The van der Waals surface area contributed by atoms with Crippen LogP contribution in [0.5, 0.6) is 0 Å². The molecule has 1 aromatic carbocycles. The molecule has 0 atom stereocenters. The Balaban J connectivity index is 1.90. The number of carbonyl (C=O) groups excluding carboxylic acids is 1. The molecule has 144 valence electrons. The molecular formula is C18H15FN4O3S2. The van der Waals surface area contributed by atoms with Crippen LogP contribution < -0.4 is 10.6 Å². The van der Waals surface area contributed by atoms with Crippen LogP contribution in [0.15, 0.2) is 34.2 Å². The number of H-pyrrole nitrogens is 1. The van der Waals surface area contributed by atoms with Gasteiger partial charge >= 0.3 is 5.97 Å². The molecule has 0 aliphatic carbocycles. The summed E-state index contributed by atoms with van der Waals surface area (Å²) in [5.74, 6) is -0.931. The molecule has 1 aromatic rings. The summed E-state index contributed by atoms with van der Waals surface area (Å²) in [5, 5.41) is 6.72. The van der Waals surface area contributed by atoms with Crippen molar-refractivity contribution in [3.05, 3.63) is 56.6 Å². The Morgan fingerprint density at radius 1 is 1.46 bits per heavy atom. The molecule has 4 rings (SSSR count). The highest BCUT2D eigenvalue weighted by Gasteiger charge is 2.32. The Hall–Kier alpha value is -2.72.